The normalized spacial score (nSPS) is 15.0. The average molecular weight is 652 g/mol. The van der Waals surface area contributed by atoms with Crippen LogP contribution < -0.4 is 10.9 Å². The maximum Gasteiger partial charge on any atom is 0.305 e. The second-order valence-corrected chi connectivity index (χ2v) is 13.4. The number of benzene rings is 2. The number of methoxy groups -OCH3 is 1. The third kappa shape index (κ3) is 8.16. The summed E-state index contributed by atoms with van der Waals surface area (Å²) in [6, 6.07) is 4.98. The van der Waals surface area contributed by atoms with Gasteiger partial charge in [-0.3, -0.25) is 19.3 Å². The quantitative estimate of drug-likeness (QED) is 0.231. The van der Waals surface area contributed by atoms with Gasteiger partial charge in [0.25, 0.3) is 5.56 Å². The van der Waals surface area contributed by atoms with Crippen molar-refractivity contribution in [1.82, 2.24) is 14.8 Å². The Morgan fingerprint density at radius 3 is 2.21 bits per heavy atom. The van der Waals surface area contributed by atoms with Gasteiger partial charge in [-0.2, -0.15) is 0 Å². The van der Waals surface area contributed by atoms with Crippen LogP contribution in [0.25, 0.3) is 11.1 Å². The van der Waals surface area contributed by atoms with Gasteiger partial charge in [0.1, 0.15) is 11.9 Å². The van der Waals surface area contributed by atoms with Gasteiger partial charge in [-0.25, -0.2) is 8.78 Å². The Balaban J connectivity index is 1.73. The highest BCUT2D eigenvalue weighted by molar-refractivity contribution is 5.82. The van der Waals surface area contributed by atoms with E-state index in [-0.39, 0.29) is 29.6 Å². The lowest BCUT2D eigenvalue weighted by atomic mass is 9.89. The molecule has 2 N–H and O–H groups in total. The smallest absolute Gasteiger partial charge is 0.305 e. The highest BCUT2D eigenvalue weighted by Crippen LogP contribution is 2.34. The van der Waals surface area contributed by atoms with E-state index in [9.17, 15) is 19.5 Å². The lowest BCUT2D eigenvalue weighted by molar-refractivity contribution is -0.138. The van der Waals surface area contributed by atoms with E-state index in [2.05, 4.69) is 10.2 Å². The number of pyridine rings is 1. The third-order valence-corrected chi connectivity index (χ3v) is 9.13. The van der Waals surface area contributed by atoms with Crippen molar-refractivity contribution in [2.75, 3.05) is 26.7 Å². The molecule has 2 aromatic carbocycles. The van der Waals surface area contributed by atoms with Crippen LogP contribution in [0.2, 0.25) is 0 Å². The highest BCUT2D eigenvalue weighted by Gasteiger charge is 2.31. The molecule has 254 valence electrons. The zero-order chi connectivity index (χ0) is 34.7. The number of aromatic nitrogens is 1. The molecule has 0 radical (unpaired) electrons. The summed E-state index contributed by atoms with van der Waals surface area (Å²) in [5.41, 5.74) is 4.91. The zero-order valence-electron chi connectivity index (χ0n) is 28.7. The van der Waals surface area contributed by atoms with Crippen molar-refractivity contribution >= 4 is 11.9 Å². The van der Waals surface area contributed by atoms with Crippen LogP contribution in [0.3, 0.4) is 0 Å². The molecule has 8 nitrogen and oxygen atoms in total. The number of carboxylic acids is 1. The lowest BCUT2D eigenvalue weighted by Gasteiger charge is -2.38. The number of nitrogens with one attached hydrogen (secondary N) is 1. The number of halogens is 2. The third-order valence-electron chi connectivity index (χ3n) is 9.13. The standard InChI is InChI=1S/C37H47F2N3O5/c1-20(2)11-31(42-17-26(25(7)35(39)37(42)46)9-10-41-18-28(19-41)47-8)36(45)40-30(16-32(43)44)29-15-27(14-24(6)34(29)38)33-22(4)12-21(3)13-23(33)5/h12-15,17,20,28,30-31H,9-11,16,18-19H2,1-8H3,(H,40,45)(H,43,44)/t30-,31?/m0/s1. The minimum Gasteiger partial charge on any atom is -0.481 e. The predicted octanol–water partition coefficient (Wildman–Crippen LogP) is 6.13. The number of nitrogens with zero attached hydrogens (tertiary/aromatic N) is 2. The molecule has 10 heteroatoms. The summed E-state index contributed by atoms with van der Waals surface area (Å²) < 4.78 is 37.7. The topological polar surface area (TPSA) is 101 Å². The van der Waals surface area contributed by atoms with E-state index >= 15 is 8.78 Å². The van der Waals surface area contributed by atoms with Crippen molar-refractivity contribution in [2.24, 2.45) is 5.92 Å². The van der Waals surface area contributed by atoms with Crippen molar-refractivity contribution < 1.29 is 28.2 Å². The first-order valence-corrected chi connectivity index (χ1v) is 16.2. The van der Waals surface area contributed by atoms with Crippen molar-refractivity contribution in [3.05, 3.63) is 91.4 Å². The maximum absolute atomic E-state index is 15.8. The van der Waals surface area contributed by atoms with Gasteiger partial charge in [0.05, 0.1) is 18.6 Å². The first kappa shape index (κ1) is 36.0. The number of hydrogen-bond donors (Lipinski definition) is 2. The molecule has 0 bridgehead atoms. The molecule has 1 aromatic heterocycles. The number of likely N-dealkylation sites (tertiary alicyclic amines) is 1. The van der Waals surface area contributed by atoms with Crippen LogP contribution in [-0.4, -0.2) is 59.3 Å². The first-order chi connectivity index (χ1) is 22.1. The molecule has 1 amide bonds. The van der Waals surface area contributed by atoms with Crippen LogP contribution in [0.4, 0.5) is 8.78 Å². The molecular formula is C37H47F2N3O5. The molecule has 1 aliphatic heterocycles. The van der Waals surface area contributed by atoms with E-state index in [1.165, 1.54) is 0 Å². The fraction of sp³-hybridized carbons (Fsp3) is 0.486. The Kier molecular flexibility index (Phi) is 11.4. The SMILES string of the molecule is COC1CN(CCc2cn(C(CC(C)C)C(=O)N[C@@H](CC(=O)O)c3cc(-c4c(C)cc(C)cc4C)cc(C)c3F)c(=O)c(F)c2C)C1. The molecule has 0 aliphatic carbocycles. The Morgan fingerprint density at radius 1 is 1.00 bits per heavy atom. The molecule has 1 aliphatic rings. The summed E-state index contributed by atoms with van der Waals surface area (Å²) in [4.78, 5) is 41.6. The molecule has 2 heterocycles. The summed E-state index contributed by atoms with van der Waals surface area (Å²) >= 11 is 0. The number of carbonyl (C=O) groups excluding carboxylic acids is 1. The van der Waals surface area contributed by atoms with Crippen molar-refractivity contribution in [1.29, 1.82) is 0 Å². The number of aryl methyl sites for hydroxylation is 4. The molecule has 0 saturated carbocycles. The Bertz CT molecular complexity index is 1690. The summed E-state index contributed by atoms with van der Waals surface area (Å²) in [6.07, 6.45) is 1.76. The minimum atomic E-state index is -1.25. The van der Waals surface area contributed by atoms with Crippen LogP contribution in [0.5, 0.6) is 0 Å². The van der Waals surface area contributed by atoms with E-state index in [4.69, 9.17) is 4.74 Å². The summed E-state index contributed by atoms with van der Waals surface area (Å²) in [6.45, 7) is 15.0. The van der Waals surface area contributed by atoms with Gasteiger partial charge < -0.3 is 19.7 Å². The molecule has 0 spiro atoms. The van der Waals surface area contributed by atoms with E-state index in [0.717, 1.165) is 39.9 Å². The van der Waals surface area contributed by atoms with E-state index in [1.807, 2.05) is 46.8 Å². The zero-order valence-corrected chi connectivity index (χ0v) is 28.7. The minimum absolute atomic E-state index is 0.0328. The van der Waals surface area contributed by atoms with Crippen molar-refractivity contribution in [2.45, 2.75) is 85.9 Å². The molecule has 2 atom stereocenters. The van der Waals surface area contributed by atoms with E-state index in [0.29, 0.717) is 29.7 Å². The van der Waals surface area contributed by atoms with Crippen LogP contribution in [0.1, 0.15) is 77.7 Å². The largest absolute Gasteiger partial charge is 0.481 e. The Morgan fingerprint density at radius 2 is 1.64 bits per heavy atom. The average Bonchev–Trinajstić information content (AvgIpc) is 2.95. The number of amides is 1. The van der Waals surface area contributed by atoms with Gasteiger partial charge in [-0.15, -0.1) is 0 Å². The van der Waals surface area contributed by atoms with Gasteiger partial charge in [-0.05, 0) is 104 Å². The van der Waals surface area contributed by atoms with Crippen molar-refractivity contribution in [3.63, 3.8) is 0 Å². The van der Waals surface area contributed by atoms with Gasteiger partial charge in [0.15, 0.2) is 5.82 Å². The van der Waals surface area contributed by atoms with Gasteiger partial charge in [0.2, 0.25) is 5.91 Å². The molecule has 1 saturated heterocycles. The Hall–Kier alpha value is -3.89. The molecule has 1 fully saturated rings. The van der Waals surface area contributed by atoms with Gasteiger partial charge >= 0.3 is 5.97 Å². The lowest BCUT2D eigenvalue weighted by Crippen LogP contribution is -2.52. The van der Waals surface area contributed by atoms with Crippen LogP contribution in [0.15, 0.2) is 35.3 Å². The van der Waals surface area contributed by atoms with Gasteiger partial charge in [0, 0.05) is 38.5 Å². The summed E-state index contributed by atoms with van der Waals surface area (Å²) in [5, 5.41) is 12.6. The van der Waals surface area contributed by atoms with E-state index in [1.54, 1.807) is 39.3 Å². The summed E-state index contributed by atoms with van der Waals surface area (Å²) in [7, 11) is 1.66. The van der Waals surface area contributed by atoms with Crippen molar-refractivity contribution in [3.8, 4) is 11.1 Å². The fourth-order valence-corrected chi connectivity index (χ4v) is 6.66. The van der Waals surface area contributed by atoms with Crippen LogP contribution in [0, 0.1) is 52.2 Å². The predicted molar refractivity (Wildman–Crippen MR) is 179 cm³/mol. The number of carbonyl (C=O) groups is 2. The molecule has 4 rings (SSSR count). The van der Waals surface area contributed by atoms with Crippen LogP contribution in [-0.2, 0) is 20.7 Å². The summed E-state index contributed by atoms with van der Waals surface area (Å²) in [5.74, 6) is -3.54. The molecule has 1 unspecified atom stereocenters. The number of carboxylic acid groups (broad SMARTS) is 1. The fourth-order valence-electron chi connectivity index (χ4n) is 6.66. The number of ether oxygens (including phenoxy) is 1. The monoisotopic (exact) mass is 651 g/mol. The maximum atomic E-state index is 15.8. The molecule has 47 heavy (non-hydrogen) atoms. The first-order valence-electron chi connectivity index (χ1n) is 16.2. The number of rotatable bonds is 13. The second kappa shape index (κ2) is 14.9. The number of hydrogen-bond acceptors (Lipinski definition) is 5. The molecular weight excluding hydrogens is 604 g/mol. The van der Waals surface area contributed by atoms with Gasteiger partial charge in [-0.1, -0.05) is 31.5 Å². The number of aliphatic carboxylic acids is 1. The second-order valence-electron chi connectivity index (χ2n) is 13.4. The van der Waals surface area contributed by atoms with Crippen LogP contribution >= 0.6 is 0 Å². The molecule has 3 aromatic rings. The van der Waals surface area contributed by atoms with E-state index < -0.39 is 47.6 Å². The highest BCUT2D eigenvalue weighted by atomic mass is 19.1. The Labute approximate surface area is 275 Å².